The van der Waals surface area contributed by atoms with Gasteiger partial charge in [-0.3, -0.25) is 9.59 Å². The quantitative estimate of drug-likeness (QED) is 0.363. The second-order valence-electron chi connectivity index (χ2n) is 11.4. The lowest BCUT2D eigenvalue weighted by molar-refractivity contribution is -0.147. The maximum atomic E-state index is 14.4. The molecule has 3 rings (SSSR count). The fourth-order valence-corrected chi connectivity index (χ4v) is 4.78. The zero-order chi connectivity index (χ0) is 28.6. The van der Waals surface area contributed by atoms with Gasteiger partial charge in [0.2, 0.25) is 11.8 Å². The first-order chi connectivity index (χ1) is 18.5. The Morgan fingerprint density at radius 1 is 1.03 bits per heavy atom. The molecule has 3 unspecified atom stereocenters. The van der Waals surface area contributed by atoms with Crippen molar-refractivity contribution in [2.24, 2.45) is 0 Å². The molecule has 0 spiro atoms. The fourth-order valence-electron chi connectivity index (χ4n) is 4.78. The third-order valence-corrected chi connectivity index (χ3v) is 6.84. The minimum Gasteiger partial charge on any atom is -0.508 e. The van der Waals surface area contributed by atoms with Crippen molar-refractivity contribution in [3.63, 3.8) is 0 Å². The number of nitrogens with zero attached hydrogens (tertiary/aromatic N) is 1. The fraction of sp³-hybridized carbons (Fsp3) is 0.516. The van der Waals surface area contributed by atoms with Crippen LogP contribution >= 0.6 is 0 Å². The van der Waals surface area contributed by atoms with Gasteiger partial charge in [0.05, 0.1) is 0 Å². The first-order valence-corrected chi connectivity index (χ1v) is 13.9. The van der Waals surface area contributed by atoms with Crippen LogP contribution in [0.5, 0.6) is 5.75 Å². The lowest BCUT2D eigenvalue weighted by Crippen LogP contribution is -2.58. The van der Waals surface area contributed by atoms with Gasteiger partial charge in [-0.15, -0.1) is 0 Å². The minimum absolute atomic E-state index is 0.0419. The molecule has 212 valence electrons. The summed E-state index contributed by atoms with van der Waals surface area (Å²) in [6, 6.07) is 13.9. The molecule has 2 aromatic rings. The molecule has 1 aliphatic carbocycles. The van der Waals surface area contributed by atoms with E-state index in [4.69, 9.17) is 4.74 Å². The molecule has 2 aromatic carbocycles. The number of benzene rings is 2. The minimum atomic E-state index is -0.975. The van der Waals surface area contributed by atoms with Crippen molar-refractivity contribution in [3.8, 4) is 5.75 Å². The van der Waals surface area contributed by atoms with Crippen molar-refractivity contribution in [2.45, 2.75) is 103 Å². The van der Waals surface area contributed by atoms with Crippen LogP contribution in [0.4, 0.5) is 4.79 Å². The average molecular weight is 538 g/mol. The zero-order valence-electron chi connectivity index (χ0n) is 23.8. The monoisotopic (exact) mass is 537 g/mol. The Labute approximate surface area is 232 Å². The van der Waals surface area contributed by atoms with Crippen LogP contribution in [0.15, 0.2) is 54.6 Å². The maximum Gasteiger partial charge on any atom is 0.408 e. The van der Waals surface area contributed by atoms with Gasteiger partial charge in [0.15, 0.2) is 0 Å². The number of hydrogen-bond acceptors (Lipinski definition) is 5. The van der Waals surface area contributed by atoms with Gasteiger partial charge in [-0.1, -0.05) is 55.8 Å². The Kier molecular flexibility index (Phi) is 10.4. The number of hydrogen-bond donors (Lipinski definition) is 3. The molecule has 0 heterocycles. The van der Waals surface area contributed by atoms with Crippen molar-refractivity contribution in [1.82, 2.24) is 15.5 Å². The molecule has 3 amide bonds. The van der Waals surface area contributed by atoms with Crippen LogP contribution < -0.4 is 10.6 Å². The van der Waals surface area contributed by atoms with E-state index < -0.39 is 23.8 Å². The van der Waals surface area contributed by atoms with E-state index >= 15 is 0 Å². The van der Waals surface area contributed by atoms with Gasteiger partial charge in [-0.2, -0.15) is 0 Å². The molecular formula is C31H43N3O5. The molecule has 0 bridgehead atoms. The van der Waals surface area contributed by atoms with Crippen molar-refractivity contribution in [1.29, 1.82) is 0 Å². The van der Waals surface area contributed by atoms with Gasteiger partial charge in [0, 0.05) is 18.5 Å². The summed E-state index contributed by atoms with van der Waals surface area (Å²) in [7, 11) is 0. The van der Waals surface area contributed by atoms with E-state index in [2.05, 4.69) is 17.6 Å². The molecule has 1 aliphatic rings. The van der Waals surface area contributed by atoms with Gasteiger partial charge < -0.3 is 25.4 Å². The third kappa shape index (κ3) is 8.73. The Balaban J connectivity index is 2.00. The summed E-state index contributed by atoms with van der Waals surface area (Å²) in [5.74, 6) is -0.464. The molecule has 39 heavy (non-hydrogen) atoms. The smallest absolute Gasteiger partial charge is 0.408 e. The van der Waals surface area contributed by atoms with Crippen LogP contribution in [0.25, 0.3) is 0 Å². The number of alkyl carbamates (subject to hydrolysis) is 1. The van der Waals surface area contributed by atoms with E-state index in [1.165, 1.54) is 0 Å². The molecule has 3 N–H and O–H groups in total. The van der Waals surface area contributed by atoms with E-state index in [-0.39, 0.29) is 36.1 Å². The van der Waals surface area contributed by atoms with E-state index in [0.717, 1.165) is 43.2 Å². The Morgan fingerprint density at radius 2 is 1.67 bits per heavy atom. The number of rotatable bonds is 11. The summed E-state index contributed by atoms with van der Waals surface area (Å²) >= 11 is 0. The third-order valence-electron chi connectivity index (χ3n) is 6.84. The topological polar surface area (TPSA) is 108 Å². The second kappa shape index (κ2) is 13.5. The number of nitrogens with one attached hydrogen (secondary N) is 2. The Morgan fingerprint density at radius 3 is 2.21 bits per heavy atom. The molecule has 1 fully saturated rings. The molecule has 0 aliphatic heterocycles. The molecule has 0 aromatic heterocycles. The normalized spacial score (nSPS) is 15.8. The molecule has 8 nitrogen and oxygen atoms in total. The van der Waals surface area contributed by atoms with Crippen LogP contribution in [-0.2, 0) is 20.7 Å². The lowest BCUT2D eigenvalue weighted by atomic mass is 9.87. The standard InChI is InChI=1S/C31H43N3O5/c1-6-11-21(2)32-28(36)27(23-12-8-7-9-13-23)34(24-14-10-15-24)29(37)26(33-30(38)39-31(3,4)5)20-22-16-18-25(35)19-17-22/h7-9,12-13,16-19,21,24,26-27,35H,6,10-11,14-15,20H2,1-5H3,(H,32,36)(H,33,38). The summed E-state index contributed by atoms with van der Waals surface area (Å²) in [4.78, 5) is 42.7. The summed E-state index contributed by atoms with van der Waals surface area (Å²) < 4.78 is 5.49. The summed E-state index contributed by atoms with van der Waals surface area (Å²) in [6.45, 7) is 9.32. The van der Waals surface area contributed by atoms with E-state index in [1.807, 2.05) is 37.3 Å². The van der Waals surface area contributed by atoms with E-state index in [1.54, 1.807) is 49.9 Å². The SMILES string of the molecule is CCCC(C)NC(=O)C(c1ccccc1)N(C(=O)C(Cc1ccc(O)cc1)NC(=O)OC(C)(C)C)C1CCC1. The number of aromatic hydroxyl groups is 1. The van der Waals surface area contributed by atoms with Gasteiger partial charge in [-0.25, -0.2) is 4.79 Å². The molecule has 0 saturated heterocycles. The van der Waals surface area contributed by atoms with Crippen molar-refractivity contribution < 1.29 is 24.2 Å². The molecule has 8 heteroatoms. The molecular weight excluding hydrogens is 494 g/mol. The Bertz CT molecular complexity index is 1090. The Hall–Kier alpha value is -3.55. The molecule has 0 radical (unpaired) electrons. The predicted octanol–water partition coefficient (Wildman–Crippen LogP) is 5.26. The van der Waals surface area contributed by atoms with Crippen LogP contribution in [0, 0.1) is 0 Å². The van der Waals surface area contributed by atoms with E-state index in [9.17, 15) is 19.5 Å². The number of amides is 3. The number of phenols is 1. The number of phenolic OH excluding ortho intramolecular Hbond substituents is 1. The van der Waals surface area contributed by atoms with Gasteiger partial charge >= 0.3 is 6.09 Å². The summed E-state index contributed by atoms with van der Waals surface area (Å²) in [5.41, 5.74) is 0.735. The molecule has 3 atom stereocenters. The van der Waals surface area contributed by atoms with Crippen LogP contribution in [0.1, 0.15) is 83.9 Å². The lowest BCUT2D eigenvalue weighted by Gasteiger charge is -2.44. The van der Waals surface area contributed by atoms with E-state index in [0.29, 0.717) is 0 Å². The number of carbonyl (C=O) groups excluding carboxylic acids is 3. The highest BCUT2D eigenvalue weighted by atomic mass is 16.6. The maximum absolute atomic E-state index is 14.4. The summed E-state index contributed by atoms with van der Waals surface area (Å²) in [5, 5.41) is 15.6. The predicted molar refractivity (Wildman–Crippen MR) is 151 cm³/mol. The van der Waals surface area contributed by atoms with Crippen LogP contribution in [0.2, 0.25) is 0 Å². The first-order valence-electron chi connectivity index (χ1n) is 13.9. The molecule has 1 saturated carbocycles. The largest absolute Gasteiger partial charge is 0.508 e. The van der Waals surface area contributed by atoms with Gasteiger partial charge in [-0.05, 0) is 76.6 Å². The summed E-state index contributed by atoms with van der Waals surface area (Å²) in [6.07, 6.45) is 3.76. The van der Waals surface area contributed by atoms with Gasteiger partial charge in [0.1, 0.15) is 23.4 Å². The van der Waals surface area contributed by atoms with Crippen molar-refractivity contribution in [3.05, 3.63) is 65.7 Å². The number of carbonyl (C=O) groups is 3. The van der Waals surface area contributed by atoms with Crippen molar-refractivity contribution >= 4 is 17.9 Å². The van der Waals surface area contributed by atoms with Crippen molar-refractivity contribution in [2.75, 3.05) is 0 Å². The second-order valence-corrected chi connectivity index (χ2v) is 11.4. The highest BCUT2D eigenvalue weighted by Crippen LogP contribution is 2.34. The number of ether oxygens (including phenoxy) is 1. The highest BCUT2D eigenvalue weighted by molar-refractivity contribution is 5.92. The first kappa shape index (κ1) is 30.0. The average Bonchev–Trinajstić information content (AvgIpc) is 2.82. The van der Waals surface area contributed by atoms with Crippen LogP contribution in [-0.4, -0.2) is 51.6 Å². The van der Waals surface area contributed by atoms with Gasteiger partial charge in [0.25, 0.3) is 0 Å². The van der Waals surface area contributed by atoms with Crippen LogP contribution in [0.3, 0.4) is 0 Å². The highest BCUT2D eigenvalue weighted by Gasteiger charge is 2.42. The zero-order valence-corrected chi connectivity index (χ0v) is 23.8.